The summed E-state index contributed by atoms with van der Waals surface area (Å²) in [6.07, 6.45) is 4.54. The van der Waals surface area contributed by atoms with Gasteiger partial charge in [0, 0.05) is 49.8 Å². The molecule has 0 bridgehead atoms. The van der Waals surface area contributed by atoms with E-state index in [0.717, 1.165) is 61.8 Å². The number of hydrogen-bond acceptors (Lipinski definition) is 5. The van der Waals surface area contributed by atoms with E-state index >= 15 is 0 Å². The smallest absolute Gasteiger partial charge is 0.264 e. The van der Waals surface area contributed by atoms with E-state index < -0.39 is 0 Å². The van der Waals surface area contributed by atoms with Gasteiger partial charge in [-0.2, -0.15) is 0 Å². The lowest BCUT2D eigenvalue weighted by molar-refractivity contribution is 0.0356. The second-order valence-corrected chi connectivity index (χ2v) is 8.49. The molecule has 1 amide bonds. The molecular weight excluding hydrogens is 382 g/mol. The second-order valence-electron chi connectivity index (χ2n) is 7.44. The van der Waals surface area contributed by atoms with Crippen LogP contribution in [-0.4, -0.2) is 60.1 Å². The molecule has 5 nitrogen and oxygen atoms in total. The predicted molar refractivity (Wildman–Crippen MR) is 117 cm³/mol. The van der Waals surface area contributed by atoms with Crippen LogP contribution in [0.3, 0.4) is 0 Å². The molecule has 0 unspecified atom stereocenters. The molecule has 152 valence electrons. The number of thiophene rings is 1. The zero-order valence-electron chi connectivity index (χ0n) is 16.8. The van der Waals surface area contributed by atoms with E-state index in [-0.39, 0.29) is 5.91 Å². The van der Waals surface area contributed by atoms with Gasteiger partial charge in [-0.1, -0.05) is 18.2 Å². The van der Waals surface area contributed by atoms with Gasteiger partial charge in [-0.25, -0.2) is 0 Å². The molecule has 0 radical (unpaired) electrons. The number of rotatable bonds is 7. The molecule has 1 aliphatic heterocycles. The summed E-state index contributed by atoms with van der Waals surface area (Å²) in [5, 5.41) is 1.18. The number of fused-ring (bicyclic) bond motifs is 1. The van der Waals surface area contributed by atoms with Crippen molar-refractivity contribution in [2.75, 3.05) is 39.4 Å². The number of ether oxygens (including phenoxy) is 1. The summed E-state index contributed by atoms with van der Waals surface area (Å²) in [7, 11) is 0. The van der Waals surface area contributed by atoms with Gasteiger partial charge in [0.2, 0.25) is 0 Å². The van der Waals surface area contributed by atoms with Gasteiger partial charge in [0.05, 0.1) is 18.1 Å². The van der Waals surface area contributed by atoms with E-state index in [0.29, 0.717) is 6.54 Å². The van der Waals surface area contributed by atoms with Crippen LogP contribution >= 0.6 is 11.3 Å². The molecule has 2 aromatic heterocycles. The van der Waals surface area contributed by atoms with Gasteiger partial charge in [-0.3, -0.25) is 14.7 Å². The van der Waals surface area contributed by atoms with Crippen molar-refractivity contribution < 1.29 is 9.53 Å². The molecule has 29 heavy (non-hydrogen) atoms. The first-order valence-corrected chi connectivity index (χ1v) is 11.0. The summed E-state index contributed by atoms with van der Waals surface area (Å²) in [6.45, 7) is 7.98. The lowest BCUT2D eigenvalue weighted by atomic mass is 10.1. The van der Waals surface area contributed by atoms with Crippen LogP contribution in [-0.2, 0) is 11.3 Å². The highest BCUT2D eigenvalue weighted by atomic mass is 32.1. The number of aryl methyl sites for hydroxylation is 1. The largest absolute Gasteiger partial charge is 0.379 e. The van der Waals surface area contributed by atoms with Crippen molar-refractivity contribution in [1.82, 2.24) is 14.8 Å². The van der Waals surface area contributed by atoms with Crippen LogP contribution in [0.4, 0.5) is 0 Å². The fraction of sp³-hybridized carbons (Fsp3) is 0.391. The molecular formula is C23H27N3O2S. The summed E-state index contributed by atoms with van der Waals surface area (Å²) in [4.78, 5) is 22.9. The number of carbonyl (C=O) groups excluding carboxylic acids is 1. The first-order chi connectivity index (χ1) is 14.2. The lowest BCUT2D eigenvalue weighted by Gasteiger charge is -2.28. The standard InChI is InChI=1S/C23H27N3O2S/c1-18-20-5-2-3-6-21(20)29-22(18)23(27)26(17-19-7-9-24-10-8-19)12-4-11-25-13-15-28-16-14-25/h2-3,5-10H,4,11-17H2,1H3. The van der Waals surface area contributed by atoms with Crippen molar-refractivity contribution in [3.63, 3.8) is 0 Å². The Morgan fingerprint density at radius 1 is 1.17 bits per heavy atom. The summed E-state index contributed by atoms with van der Waals surface area (Å²) in [5.41, 5.74) is 2.20. The highest BCUT2D eigenvalue weighted by Gasteiger charge is 2.22. The number of pyridine rings is 1. The average molecular weight is 410 g/mol. The maximum Gasteiger partial charge on any atom is 0.264 e. The summed E-state index contributed by atoms with van der Waals surface area (Å²) in [5.74, 6) is 0.127. The number of nitrogens with zero attached hydrogens (tertiary/aromatic N) is 3. The Labute approximate surface area is 175 Å². The van der Waals surface area contributed by atoms with Gasteiger partial charge in [0.15, 0.2) is 0 Å². The Hall–Kier alpha value is -2.28. The van der Waals surface area contributed by atoms with E-state index in [9.17, 15) is 4.79 Å². The molecule has 3 aromatic rings. The van der Waals surface area contributed by atoms with Crippen molar-refractivity contribution >= 4 is 27.3 Å². The van der Waals surface area contributed by atoms with Crippen molar-refractivity contribution in [2.24, 2.45) is 0 Å². The number of amides is 1. The number of benzene rings is 1. The minimum atomic E-state index is 0.127. The van der Waals surface area contributed by atoms with Gasteiger partial charge >= 0.3 is 0 Å². The first-order valence-electron chi connectivity index (χ1n) is 10.2. The van der Waals surface area contributed by atoms with E-state index in [1.165, 1.54) is 10.1 Å². The molecule has 0 atom stereocenters. The van der Waals surface area contributed by atoms with Gasteiger partial charge in [-0.15, -0.1) is 11.3 Å². The van der Waals surface area contributed by atoms with Crippen molar-refractivity contribution in [1.29, 1.82) is 0 Å². The van der Waals surface area contributed by atoms with Crippen LogP contribution in [0, 0.1) is 6.92 Å². The van der Waals surface area contributed by atoms with E-state index in [2.05, 4.69) is 28.9 Å². The third-order valence-electron chi connectivity index (χ3n) is 5.45. The molecule has 3 heterocycles. The van der Waals surface area contributed by atoms with Crippen LogP contribution in [0.25, 0.3) is 10.1 Å². The Bertz CT molecular complexity index is 951. The normalized spacial score (nSPS) is 14.9. The van der Waals surface area contributed by atoms with Crippen LogP contribution in [0.5, 0.6) is 0 Å². The SMILES string of the molecule is Cc1c(C(=O)N(CCCN2CCOCC2)Cc2ccncc2)sc2ccccc12. The van der Waals surface area contributed by atoms with Crippen LogP contribution < -0.4 is 0 Å². The fourth-order valence-electron chi connectivity index (χ4n) is 3.79. The summed E-state index contributed by atoms with van der Waals surface area (Å²) in [6, 6.07) is 12.2. The molecule has 0 N–H and O–H groups in total. The lowest BCUT2D eigenvalue weighted by Crippen LogP contribution is -2.39. The molecule has 1 aliphatic rings. The van der Waals surface area contributed by atoms with Crippen molar-refractivity contribution in [2.45, 2.75) is 19.9 Å². The fourth-order valence-corrected chi connectivity index (χ4v) is 4.97. The summed E-state index contributed by atoms with van der Waals surface area (Å²) >= 11 is 1.60. The van der Waals surface area contributed by atoms with Gasteiger partial charge < -0.3 is 9.64 Å². The minimum absolute atomic E-state index is 0.127. The van der Waals surface area contributed by atoms with Crippen LogP contribution in [0.1, 0.15) is 27.2 Å². The third kappa shape index (κ3) is 4.83. The number of aromatic nitrogens is 1. The Balaban J connectivity index is 1.51. The van der Waals surface area contributed by atoms with E-state index in [1.54, 1.807) is 23.7 Å². The maximum absolute atomic E-state index is 13.5. The predicted octanol–water partition coefficient (Wildman–Crippen LogP) is 3.97. The third-order valence-corrected chi connectivity index (χ3v) is 6.71. The Morgan fingerprint density at radius 2 is 1.93 bits per heavy atom. The molecule has 1 saturated heterocycles. The molecule has 0 aliphatic carbocycles. The number of hydrogen-bond donors (Lipinski definition) is 0. The Morgan fingerprint density at radius 3 is 2.69 bits per heavy atom. The minimum Gasteiger partial charge on any atom is -0.379 e. The number of morpholine rings is 1. The molecule has 0 saturated carbocycles. The molecule has 0 spiro atoms. The molecule has 4 rings (SSSR count). The molecule has 6 heteroatoms. The van der Waals surface area contributed by atoms with Crippen LogP contribution in [0.15, 0.2) is 48.8 Å². The van der Waals surface area contributed by atoms with Crippen molar-refractivity contribution in [3.8, 4) is 0 Å². The van der Waals surface area contributed by atoms with E-state index in [4.69, 9.17) is 4.74 Å². The quantitative estimate of drug-likeness (QED) is 0.592. The van der Waals surface area contributed by atoms with Gasteiger partial charge in [-0.05, 0) is 48.1 Å². The first kappa shape index (κ1) is 20.0. The van der Waals surface area contributed by atoms with Gasteiger partial charge in [0.1, 0.15) is 0 Å². The zero-order valence-corrected chi connectivity index (χ0v) is 17.7. The highest BCUT2D eigenvalue weighted by Crippen LogP contribution is 2.31. The Kier molecular flexibility index (Phi) is 6.54. The topological polar surface area (TPSA) is 45.7 Å². The molecule has 1 aromatic carbocycles. The summed E-state index contributed by atoms with van der Waals surface area (Å²) < 4.78 is 6.61. The maximum atomic E-state index is 13.5. The van der Waals surface area contributed by atoms with Crippen molar-refractivity contribution in [3.05, 3.63) is 64.8 Å². The average Bonchev–Trinajstić information content (AvgIpc) is 3.11. The van der Waals surface area contributed by atoms with Crippen LogP contribution in [0.2, 0.25) is 0 Å². The monoisotopic (exact) mass is 409 g/mol. The zero-order chi connectivity index (χ0) is 20.1. The van der Waals surface area contributed by atoms with E-state index in [1.807, 2.05) is 29.2 Å². The molecule has 1 fully saturated rings. The number of carbonyl (C=O) groups is 1. The van der Waals surface area contributed by atoms with Gasteiger partial charge in [0.25, 0.3) is 5.91 Å². The second kappa shape index (κ2) is 9.48. The highest BCUT2D eigenvalue weighted by molar-refractivity contribution is 7.21.